The fourth-order valence-electron chi connectivity index (χ4n) is 2.39. The summed E-state index contributed by atoms with van der Waals surface area (Å²) in [6, 6.07) is 12.3. The second-order valence-corrected chi connectivity index (χ2v) is 5.23. The molecule has 1 aromatic heterocycles. The minimum absolute atomic E-state index is 0.246. The number of amides is 1. The minimum Gasteiger partial charge on any atom is -0.493 e. The van der Waals surface area contributed by atoms with Crippen LogP contribution in [0, 0.1) is 0 Å². The standard InChI is InChI=1S/C17H17N5O3/c1-22-16(19-20-21-22)11-5-4-6-12(9-11)17(23)18-13-7-8-14(24-2)15(10-13)25-3/h4-10H,1-3H3,(H,18,23). The summed E-state index contributed by atoms with van der Waals surface area (Å²) in [5.74, 6) is 1.47. The van der Waals surface area contributed by atoms with Crippen LogP contribution in [0.3, 0.4) is 0 Å². The number of rotatable bonds is 5. The highest BCUT2D eigenvalue weighted by Crippen LogP contribution is 2.30. The molecule has 0 bridgehead atoms. The van der Waals surface area contributed by atoms with Crippen LogP contribution in [0.2, 0.25) is 0 Å². The molecule has 1 amide bonds. The van der Waals surface area contributed by atoms with Gasteiger partial charge in [0, 0.05) is 29.9 Å². The van der Waals surface area contributed by atoms with Gasteiger partial charge < -0.3 is 14.8 Å². The average Bonchev–Trinajstić information content (AvgIpc) is 3.07. The molecule has 3 rings (SSSR count). The maximum atomic E-state index is 12.5. The van der Waals surface area contributed by atoms with E-state index in [-0.39, 0.29) is 5.91 Å². The molecule has 3 aromatic rings. The van der Waals surface area contributed by atoms with E-state index in [9.17, 15) is 4.79 Å². The molecule has 25 heavy (non-hydrogen) atoms. The first kappa shape index (κ1) is 16.4. The third-order valence-corrected chi connectivity index (χ3v) is 3.64. The SMILES string of the molecule is COc1ccc(NC(=O)c2cccc(-c3nnnn3C)c2)cc1OC. The highest BCUT2D eigenvalue weighted by atomic mass is 16.5. The van der Waals surface area contributed by atoms with E-state index >= 15 is 0 Å². The summed E-state index contributed by atoms with van der Waals surface area (Å²) in [6.07, 6.45) is 0. The predicted octanol–water partition coefficient (Wildman–Crippen LogP) is 2.15. The molecule has 0 saturated carbocycles. The molecule has 0 spiro atoms. The second-order valence-electron chi connectivity index (χ2n) is 5.23. The Morgan fingerprint density at radius 1 is 1.08 bits per heavy atom. The van der Waals surface area contributed by atoms with E-state index in [2.05, 4.69) is 20.8 Å². The van der Waals surface area contributed by atoms with Crippen molar-refractivity contribution in [3.05, 3.63) is 48.0 Å². The predicted molar refractivity (Wildman–Crippen MR) is 91.7 cm³/mol. The lowest BCUT2D eigenvalue weighted by Crippen LogP contribution is -2.12. The largest absolute Gasteiger partial charge is 0.493 e. The van der Waals surface area contributed by atoms with Crippen molar-refractivity contribution in [2.45, 2.75) is 0 Å². The van der Waals surface area contributed by atoms with E-state index in [0.717, 1.165) is 5.56 Å². The first-order valence-corrected chi connectivity index (χ1v) is 7.48. The van der Waals surface area contributed by atoms with E-state index in [1.807, 2.05) is 6.07 Å². The maximum absolute atomic E-state index is 12.5. The fraction of sp³-hybridized carbons (Fsp3) is 0.176. The van der Waals surface area contributed by atoms with Crippen LogP contribution in [-0.4, -0.2) is 40.3 Å². The lowest BCUT2D eigenvalue weighted by atomic mass is 10.1. The van der Waals surface area contributed by atoms with Gasteiger partial charge in [-0.1, -0.05) is 12.1 Å². The number of carbonyl (C=O) groups excluding carboxylic acids is 1. The Bertz CT molecular complexity index is 907. The molecule has 1 N–H and O–H groups in total. The number of tetrazole rings is 1. The van der Waals surface area contributed by atoms with Gasteiger partial charge in [-0.2, -0.15) is 0 Å². The van der Waals surface area contributed by atoms with Crippen LogP contribution in [0.4, 0.5) is 5.69 Å². The van der Waals surface area contributed by atoms with Gasteiger partial charge in [0.2, 0.25) is 0 Å². The van der Waals surface area contributed by atoms with Crippen molar-refractivity contribution >= 4 is 11.6 Å². The summed E-state index contributed by atoms with van der Waals surface area (Å²) in [5, 5.41) is 14.2. The smallest absolute Gasteiger partial charge is 0.255 e. The van der Waals surface area contributed by atoms with Crippen LogP contribution in [0.1, 0.15) is 10.4 Å². The van der Waals surface area contributed by atoms with Crippen molar-refractivity contribution in [2.24, 2.45) is 7.05 Å². The fourth-order valence-corrected chi connectivity index (χ4v) is 2.39. The van der Waals surface area contributed by atoms with Crippen molar-refractivity contribution in [1.29, 1.82) is 0 Å². The molecule has 0 aliphatic carbocycles. The number of hydrogen-bond acceptors (Lipinski definition) is 6. The van der Waals surface area contributed by atoms with Gasteiger partial charge >= 0.3 is 0 Å². The number of aryl methyl sites for hydroxylation is 1. The molecule has 0 fully saturated rings. The van der Waals surface area contributed by atoms with E-state index in [0.29, 0.717) is 28.6 Å². The van der Waals surface area contributed by atoms with Crippen LogP contribution in [0.5, 0.6) is 11.5 Å². The number of nitrogens with zero attached hydrogens (tertiary/aromatic N) is 4. The van der Waals surface area contributed by atoms with Crippen LogP contribution >= 0.6 is 0 Å². The highest BCUT2D eigenvalue weighted by molar-refractivity contribution is 6.05. The summed E-state index contributed by atoms with van der Waals surface area (Å²) >= 11 is 0. The second kappa shape index (κ2) is 7.00. The van der Waals surface area contributed by atoms with Crippen molar-refractivity contribution in [3.63, 3.8) is 0 Å². The minimum atomic E-state index is -0.246. The molecule has 2 aromatic carbocycles. The van der Waals surface area contributed by atoms with Gasteiger partial charge in [-0.25, -0.2) is 4.68 Å². The quantitative estimate of drug-likeness (QED) is 0.766. The van der Waals surface area contributed by atoms with Gasteiger partial charge in [0.1, 0.15) is 0 Å². The Hall–Kier alpha value is -3.42. The molecule has 128 valence electrons. The molecule has 1 heterocycles. The van der Waals surface area contributed by atoms with Gasteiger partial charge in [-0.3, -0.25) is 4.79 Å². The van der Waals surface area contributed by atoms with E-state index in [1.54, 1.807) is 62.3 Å². The van der Waals surface area contributed by atoms with Crippen LogP contribution in [0.25, 0.3) is 11.4 Å². The molecule has 0 saturated heterocycles. The Kier molecular flexibility index (Phi) is 4.60. The van der Waals surface area contributed by atoms with Crippen LogP contribution < -0.4 is 14.8 Å². The number of benzene rings is 2. The lowest BCUT2D eigenvalue weighted by molar-refractivity contribution is 0.102. The van der Waals surface area contributed by atoms with Gasteiger partial charge in [-0.05, 0) is 34.7 Å². The van der Waals surface area contributed by atoms with E-state index < -0.39 is 0 Å². The molecule has 0 aliphatic heterocycles. The lowest BCUT2D eigenvalue weighted by Gasteiger charge is -2.11. The summed E-state index contributed by atoms with van der Waals surface area (Å²) in [5.41, 5.74) is 1.86. The normalized spacial score (nSPS) is 10.4. The summed E-state index contributed by atoms with van der Waals surface area (Å²) in [7, 11) is 4.84. The Labute approximate surface area is 144 Å². The molecular formula is C17H17N5O3. The number of aromatic nitrogens is 4. The van der Waals surface area contributed by atoms with Crippen molar-refractivity contribution in [1.82, 2.24) is 20.2 Å². The molecular weight excluding hydrogens is 322 g/mol. The number of hydrogen-bond donors (Lipinski definition) is 1. The van der Waals surface area contributed by atoms with Crippen molar-refractivity contribution in [2.75, 3.05) is 19.5 Å². The Morgan fingerprint density at radius 3 is 2.56 bits per heavy atom. The van der Waals surface area contributed by atoms with Gasteiger partial charge in [-0.15, -0.1) is 5.10 Å². The number of carbonyl (C=O) groups is 1. The molecule has 8 heteroatoms. The maximum Gasteiger partial charge on any atom is 0.255 e. The van der Waals surface area contributed by atoms with E-state index in [1.165, 1.54) is 0 Å². The zero-order chi connectivity index (χ0) is 17.8. The van der Waals surface area contributed by atoms with Gasteiger partial charge in [0.25, 0.3) is 5.91 Å². The molecule has 0 radical (unpaired) electrons. The van der Waals surface area contributed by atoms with Crippen LogP contribution in [0.15, 0.2) is 42.5 Å². The average molecular weight is 339 g/mol. The van der Waals surface area contributed by atoms with Gasteiger partial charge in [0.15, 0.2) is 17.3 Å². The summed E-state index contributed by atoms with van der Waals surface area (Å²) < 4.78 is 12.0. The van der Waals surface area contributed by atoms with Gasteiger partial charge in [0.05, 0.1) is 14.2 Å². The van der Waals surface area contributed by atoms with Crippen LogP contribution in [-0.2, 0) is 7.05 Å². The molecule has 0 atom stereocenters. The van der Waals surface area contributed by atoms with Crippen molar-refractivity contribution in [3.8, 4) is 22.9 Å². The first-order chi connectivity index (χ1) is 12.1. The number of ether oxygens (including phenoxy) is 2. The zero-order valence-electron chi connectivity index (χ0n) is 14.1. The molecule has 0 unspecified atom stereocenters. The Morgan fingerprint density at radius 2 is 1.88 bits per heavy atom. The Balaban J connectivity index is 1.83. The zero-order valence-corrected chi connectivity index (χ0v) is 14.1. The highest BCUT2D eigenvalue weighted by Gasteiger charge is 2.12. The summed E-state index contributed by atoms with van der Waals surface area (Å²) in [6.45, 7) is 0. The van der Waals surface area contributed by atoms with E-state index in [4.69, 9.17) is 9.47 Å². The number of nitrogens with one attached hydrogen (secondary N) is 1. The number of methoxy groups -OCH3 is 2. The first-order valence-electron chi connectivity index (χ1n) is 7.48. The topological polar surface area (TPSA) is 91.2 Å². The third-order valence-electron chi connectivity index (χ3n) is 3.64. The van der Waals surface area contributed by atoms with Crippen molar-refractivity contribution < 1.29 is 14.3 Å². The summed E-state index contributed by atoms with van der Waals surface area (Å²) in [4.78, 5) is 12.5. The molecule has 8 nitrogen and oxygen atoms in total. The molecule has 0 aliphatic rings. The third kappa shape index (κ3) is 3.42. The number of anilines is 1. The monoisotopic (exact) mass is 339 g/mol.